The van der Waals surface area contributed by atoms with Crippen molar-refractivity contribution in [2.75, 3.05) is 6.61 Å². The van der Waals surface area contributed by atoms with Crippen LogP contribution in [0.3, 0.4) is 0 Å². The molecule has 0 aromatic carbocycles. The number of hydrogen-bond donors (Lipinski definition) is 0. The number of halogens is 1. The molecule has 0 spiro atoms. The van der Waals surface area contributed by atoms with Gasteiger partial charge < -0.3 is 9.15 Å². The van der Waals surface area contributed by atoms with Gasteiger partial charge in [-0.25, -0.2) is 0 Å². The van der Waals surface area contributed by atoms with E-state index in [1.54, 1.807) is 0 Å². The standard InChI is InChI=1S/C5H7BrN2O2/c1-2-9-3-4-7-8-5(6)10-4/h2-3H2,1H3. The molecule has 56 valence electrons. The summed E-state index contributed by atoms with van der Waals surface area (Å²) in [6.07, 6.45) is 0. The zero-order valence-corrected chi connectivity index (χ0v) is 7.09. The van der Waals surface area contributed by atoms with Crippen LogP contribution in [-0.4, -0.2) is 16.8 Å². The Bertz CT molecular complexity index is 201. The highest BCUT2D eigenvalue weighted by Crippen LogP contribution is 2.06. The van der Waals surface area contributed by atoms with Crippen molar-refractivity contribution in [1.82, 2.24) is 10.2 Å². The van der Waals surface area contributed by atoms with Gasteiger partial charge in [-0.05, 0) is 6.92 Å². The molecule has 1 rings (SSSR count). The van der Waals surface area contributed by atoms with Crippen LogP contribution in [0.15, 0.2) is 9.22 Å². The molecule has 4 nitrogen and oxygen atoms in total. The molecule has 0 saturated carbocycles. The van der Waals surface area contributed by atoms with Gasteiger partial charge in [0.15, 0.2) is 0 Å². The average molecular weight is 207 g/mol. The topological polar surface area (TPSA) is 48.2 Å². The molecular formula is C5H7BrN2O2. The summed E-state index contributed by atoms with van der Waals surface area (Å²) in [5.74, 6) is 0.494. The molecule has 1 aromatic rings. The monoisotopic (exact) mass is 206 g/mol. The van der Waals surface area contributed by atoms with Gasteiger partial charge in [-0.15, -0.1) is 10.2 Å². The zero-order chi connectivity index (χ0) is 7.40. The van der Waals surface area contributed by atoms with Crippen molar-refractivity contribution in [2.24, 2.45) is 0 Å². The van der Waals surface area contributed by atoms with Crippen molar-refractivity contribution in [3.8, 4) is 0 Å². The summed E-state index contributed by atoms with van der Waals surface area (Å²) in [5, 5.41) is 7.25. The molecule has 0 aliphatic heterocycles. The minimum Gasteiger partial charge on any atom is -0.413 e. The maximum absolute atomic E-state index is 5.02. The van der Waals surface area contributed by atoms with Crippen molar-refractivity contribution < 1.29 is 9.15 Å². The van der Waals surface area contributed by atoms with E-state index >= 15 is 0 Å². The van der Waals surface area contributed by atoms with Gasteiger partial charge in [0.1, 0.15) is 6.61 Å². The van der Waals surface area contributed by atoms with Gasteiger partial charge in [0.25, 0.3) is 4.80 Å². The van der Waals surface area contributed by atoms with Crippen LogP contribution < -0.4 is 0 Å². The van der Waals surface area contributed by atoms with E-state index in [1.807, 2.05) is 6.92 Å². The lowest BCUT2D eigenvalue weighted by Crippen LogP contribution is -1.91. The molecule has 0 unspecified atom stereocenters. The molecule has 0 fully saturated rings. The highest BCUT2D eigenvalue weighted by molar-refractivity contribution is 9.10. The molecule has 0 aliphatic carbocycles. The molecule has 5 heteroatoms. The minimum absolute atomic E-state index is 0.384. The normalized spacial score (nSPS) is 10.2. The highest BCUT2D eigenvalue weighted by atomic mass is 79.9. The van der Waals surface area contributed by atoms with Crippen LogP contribution in [0, 0.1) is 0 Å². The Morgan fingerprint density at radius 2 is 2.40 bits per heavy atom. The van der Waals surface area contributed by atoms with Gasteiger partial charge in [0.2, 0.25) is 5.89 Å². The second-order valence-corrected chi connectivity index (χ2v) is 2.26. The van der Waals surface area contributed by atoms with Gasteiger partial charge in [-0.2, -0.15) is 0 Å². The Morgan fingerprint density at radius 1 is 1.60 bits per heavy atom. The van der Waals surface area contributed by atoms with Crippen LogP contribution in [0.25, 0.3) is 0 Å². The third-order valence-electron chi connectivity index (χ3n) is 0.872. The summed E-state index contributed by atoms with van der Waals surface area (Å²) in [7, 11) is 0. The van der Waals surface area contributed by atoms with Crippen LogP contribution in [-0.2, 0) is 11.3 Å². The maximum Gasteiger partial charge on any atom is 0.284 e. The molecule has 0 bridgehead atoms. The second-order valence-electron chi connectivity index (χ2n) is 1.59. The Labute approximate surface area is 66.7 Å². The third-order valence-corrected chi connectivity index (χ3v) is 1.19. The number of aromatic nitrogens is 2. The molecular weight excluding hydrogens is 200 g/mol. The fourth-order valence-corrected chi connectivity index (χ4v) is 0.747. The summed E-state index contributed by atoms with van der Waals surface area (Å²) >= 11 is 3.03. The smallest absolute Gasteiger partial charge is 0.284 e. The van der Waals surface area contributed by atoms with Crippen molar-refractivity contribution >= 4 is 15.9 Å². The Morgan fingerprint density at radius 3 is 2.90 bits per heavy atom. The molecule has 0 aliphatic rings. The largest absolute Gasteiger partial charge is 0.413 e. The van der Waals surface area contributed by atoms with Crippen LogP contribution >= 0.6 is 15.9 Å². The number of ether oxygens (including phenoxy) is 1. The van der Waals surface area contributed by atoms with Gasteiger partial charge in [-0.1, -0.05) is 0 Å². The zero-order valence-electron chi connectivity index (χ0n) is 5.50. The first kappa shape index (κ1) is 7.68. The number of rotatable bonds is 3. The summed E-state index contributed by atoms with van der Waals surface area (Å²) in [4.78, 5) is 0.391. The summed E-state index contributed by atoms with van der Waals surface area (Å²) in [6, 6.07) is 0. The molecule has 10 heavy (non-hydrogen) atoms. The van der Waals surface area contributed by atoms with Gasteiger partial charge in [-0.3, -0.25) is 0 Å². The quantitative estimate of drug-likeness (QED) is 0.750. The predicted octanol–water partition coefficient (Wildman–Crippen LogP) is 1.37. The van der Waals surface area contributed by atoms with E-state index in [-0.39, 0.29) is 0 Å². The van der Waals surface area contributed by atoms with Gasteiger partial charge in [0.05, 0.1) is 0 Å². The SMILES string of the molecule is CCOCc1nnc(Br)o1. The Kier molecular flexibility index (Phi) is 2.82. The van der Waals surface area contributed by atoms with Gasteiger partial charge in [0, 0.05) is 22.5 Å². The van der Waals surface area contributed by atoms with Crippen molar-refractivity contribution in [1.29, 1.82) is 0 Å². The van der Waals surface area contributed by atoms with E-state index in [2.05, 4.69) is 26.1 Å². The van der Waals surface area contributed by atoms with Crippen molar-refractivity contribution in [2.45, 2.75) is 13.5 Å². The molecule has 1 heterocycles. The summed E-state index contributed by atoms with van der Waals surface area (Å²) in [6.45, 7) is 2.94. The van der Waals surface area contributed by atoms with E-state index in [4.69, 9.17) is 9.15 Å². The van der Waals surface area contributed by atoms with E-state index in [0.29, 0.717) is 23.9 Å². The lowest BCUT2D eigenvalue weighted by Gasteiger charge is -1.91. The van der Waals surface area contributed by atoms with E-state index in [1.165, 1.54) is 0 Å². The molecule has 0 atom stereocenters. The number of hydrogen-bond acceptors (Lipinski definition) is 4. The summed E-state index contributed by atoms with van der Waals surface area (Å²) in [5.41, 5.74) is 0. The first-order chi connectivity index (χ1) is 4.83. The van der Waals surface area contributed by atoms with E-state index in [0.717, 1.165) is 0 Å². The van der Waals surface area contributed by atoms with Crippen LogP contribution in [0.4, 0.5) is 0 Å². The average Bonchev–Trinajstić information content (AvgIpc) is 2.31. The minimum atomic E-state index is 0.384. The second kappa shape index (κ2) is 3.68. The first-order valence-electron chi connectivity index (χ1n) is 2.88. The molecule has 0 saturated heterocycles. The fourth-order valence-electron chi connectivity index (χ4n) is 0.481. The predicted molar refractivity (Wildman–Crippen MR) is 37.3 cm³/mol. The van der Waals surface area contributed by atoms with Crippen LogP contribution in [0.2, 0.25) is 0 Å². The number of nitrogens with zero attached hydrogens (tertiary/aromatic N) is 2. The van der Waals surface area contributed by atoms with E-state index in [9.17, 15) is 0 Å². The van der Waals surface area contributed by atoms with Crippen molar-refractivity contribution in [3.63, 3.8) is 0 Å². The Hall–Kier alpha value is -0.420. The van der Waals surface area contributed by atoms with Gasteiger partial charge >= 0.3 is 0 Å². The summed E-state index contributed by atoms with van der Waals surface area (Å²) < 4.78 is 9.97. The lowest BCUT2D eigenvalue weighted by molar-refractivity contribution is 0.113. The molecule has 0 amide bonds. The highest BCUT2D eigenvalue weighted by Gasteiger charge is 2.00. The molecule has 1 aromatic heterocycles. The van der Waals surface area contributed by atoms with Crippen LogP contribution in [0.1, 0.15) is 12.8 Å². The Balaban J connectivity index is 2.42. The molecule has 0 radical (unpaired) electrons. The molecule has 0 N–H and O–H groups in total. The van der Waals surface area contributed by atoms with E-state index < -0.39 is 0 Å². The lowest BCUT2D eigenvalue weighted by atomic mass is 10.7. The van der Waals surface area contributed by atoms with Crippen LogP contribution in [0.5, 0.6) is 0 Å². The fraction of sp³-hybridized carbons (Fsp3) is 0.600. The van der Waals surface area contributed by atoms with Crippen molar-refractivity contribution in [3.05, 3.63) is 10.7 Å². The third kappa shape index (κ3) is 2.07. The maximum atomic E-state index is 5.02. The first-order valence-corrected chi connectivity index (χ1v) is 3.68.